The summed E-state index contributed by atoms with van der Waals surface area (Å²) in [5.74, 6) is 2.48. The lowest BCUT2D eigenvalue weighted by Gasteiger charge is -2.26. The number of hydrogen-bond acceptors (Lipinski definition) is 5. The van der Waals surface area contributed by atoms with Crippen LogP contribution in [0.25, 0.3) is 0 Å². The summed E-state index contributed by atoms with van der Waals surface area (Å²) in [6.45, 7) is 0. The zero-order valence-electron chi connectivity index (χ0n) is 18.4. The minimum atomic E-state index is 0.822. The molecule has 0 amide bonds. The fraction of sp³-hybridized carbons (Fsp3) is 0.111. The van der Waals surface area contributed by atoms with Gasteiger partial charge in [-0.25, -0.2) is 0 Å². The Labute approximate surface area is 188 Å². The lowest BCUT2D eigenvalue weighted by molar-refractivity contribution is 0.414. The van der Waals surface area contributed by atoms with E-state index in [-0.39, 0.29) is 0 Å². The summed E-state index contributed by atoms with van der Waals surface area (Å²) in [6.07, 6.45) is 0. The van der Waals surface area contributed by atoms with Crippen LogP contribution < -0.4 is 24.4 Å². The molecule has 4 aromatic rings. The topological polar surface area (TPSA) is 43.0 Å². The number of nitrogens with one attached hydrogen (secondary N) is 1. The first-order chi connectivity index (χ1) is 15.7. The second-order valence-corrected chi connectivity index (χ2v) is 7.13. The van der Waals surface area contributed by atoms with Gasteiger partial charge in [-0.15, -0.1) is 0 Å². The third-order valence-corrected chi connectivity index (χ3v) is 5.17. The molecule has 5 heteroatoms. The molecule has 0 aliphatic carbocycles. The van der Waals surface area contributed by atoms with Crippen molar-refractivity contribution in [3.8, 4) is 17.2 Å². The van der Waals surface area contributed by atoms with Gasteiger partial charge < -0.3 is 24.4 Å². The fourth-order valence-corrected chi connectivity index (χ4v) is 3.44. The van der Waals surface area contributed by atoms with E-state index in [0.717, 1.165) is 45.7 Å². The molecule has 162 valence electrons. The number of nitrogens with zero attached hydrogens (tertiary/aromatic N) is 1. The minimum absolute atomic E-state index is 0.822. The van der Waals surface area contributed by atoms with Gasteiger partial charge in [0.05, 0.1) is 21.3 Å². The van der Waals surface area contributed by atoms with Gasteiger partial charge in [-0.3, -0.25) is 0 Å². The maximum atomic E-state index is 5.33. The average molecular weight is 427 g/mol. The Balaban J connectivity index is 1.63. The van der Waals surface area contributed by atoms with Crippen molar-refractivity contribution in [2.75, 3.05) is 31.5 Å². The molecule has 0 saturated carbocycles. The van der Waals surface area contributed by atoms with Crippen LogP contribution in [0.2, 0.25) is 0 Å². The van der Waals surface area contributed by atoms with Gasteiger partial charge in [0, 0.05) is 28.4 Å². The van der Waals surface area contributed by atoms with E-state index in [2.05, 4.69) is 34.5 Å². The maximum Gasteiger partial charge on any atom is 0.119 e. The Morgan fingerprint density at radius 2 is 0.719 bits per heavy atom. The van der Waals surface area contributed by atoms with Crippen LogP contribution in [0.5, 0.6) is 17.2 Å². The normalized spacial score (nSPS) is 10.3. The number of hydrogen-bond donors (Lipinski definition) is 1. The molecule has 0 unspecified atom stereocenters. The molecule has 0 heterocycles. The molecule has 0 bridgehead atoms. The third-order valence-electron chi connectivity index (χ3n) is 5.17. The van der Waals surface area contributed by atoms with E-state index in [1.54, 1.807) is 21.3 Å². The van der Waals surface area contributed by atoms with Gasteiger partial charge in [-0.1, -0.05) is 0 Å². The minimum Gasteiger partial charge on any atom is -0.497 e. The van der Waals surface area contributed by atoms with E-state index in [1.165, 1.54) is 0 Å². The first kappa shape index (κ1) is 21.1. The molecule has 0 atom stereocenters. The quantitative estimate of drug-likeness (QED) is 0.331. The molecule has 0 radical (unpaired) electrons. The molecule has 4 rings (SSSR count). The summed E-state index contributed by atoms with van der Waals surface area (Å²) in [5, 5.41) is 3.42. The maximum absolute atomic E-state index is 5.33. The predicted molar refractivity (Wildman–Crippen MR) is 131 cm³/mol. The number of anilines is 5. The van der Waals surface area contributed by atoms with Crippen LogP contribution in [-0.2, 0) is 0 Å². The summed E-state index contributed by atoms with van der Waals surface area (Å²) in [7, 11) is 5.01. The Kier molecular flexibility index (Phi) is 6.46. The molecule has 0 saturated heterocycles. The molecule has 0 spiro atoms. The second kappa shape index (κ2) is 9.79. The average Bonchev–Trinajstić information content (AvgIpc) is 2.86. The molecule has 4 aromatic carbocycles. The van der Waals surface area contributed by atoms with Gasteiger partial charge in [-0.05, 0) is 97.1 Å². The van der Waals surface area contributed by atoms with Crippen LogP contribution in [0, 0.1) is 0 Å². The zero-order valence-corrected chi connectivity index (χ0v) is 18.4. The largest absolute Gasteiger partial charge is 0.497 e. The van der Waals surface area contributed by atoms with E-state index in [0.29, 0.717) is 0 Å². The highest BCUT2D eigenvalue weighted by molar-refractivity contribution is 5.78. The molecular formula is C27H26N2O3. The summed E-state index contributed by atoms with van der Waals surface area (Å²) in [6, 6.07) is 32.2. The highest BCUT2D eigenvalue weighted by Gasteiger charge is 2.13. The highest BCUT2D eigenvalue weighted by atomic mass is 16.5. The molecule has 0 aliphatic heterocycles. The lowest BCUT2D eigenvalue weighted by atomic mass is 10.1. The van der Waals surface area contributed by atoms with E-state index >= 15 is 0 Å². The molecule has 5 nitrogen and oxygen atoms in total. The van der Waals surface area contributed by atoms with Crippen molar-refractivity contribution < 1.29 is 14.2 Å². The number of benzene rings is 4. The number of ether oxygens (including phenoxy) is 3. The van der Waals surface area contributed by atoms with Crippen molar-refractivity contribution in [1.29, 1.82) is 0 Å². The molecule has 0 fully saturated rings. The van der Waals surface area contributed by atoms with Crippen LogP contribution >= 0.6 is 0 Å². The highest BCUT2D eigenvalue weighted by Crippen LogP contribution is 2.36. The molecular weight excluding hydrogens is 400 g/mol. The molecule has 1 N–H and O–H groups in total. The van der Waals surface area contributed by atoms with E-state index in [9.17, 15) is 0 Å². The Morgan fingerprint density at radius 3 is 1.06 bits per heavy atom. The van der Waals surface area contributed by atoms with Gasteiger partial charge in [0.1, 0.15) is 17.2 Å². The van der Waals surface area contributed by atoms with Crippen LogP contribution in [-0.4, -0.2) is 21.3 Å². The van der Waals surface area contributed by atoms with Crippen molar-refractivity contribution in [3.05, 3.63) is 97.1 Å². The van der Waals surface area contributed by atoms with Crippen molar-refractivity contribution in [2.24, 2.45) is 0 Å². The Hall–Kier alpha value is -4.12. The van der Waals surface area contributed by atoms with Gasteiger partial charge in [0.2, 0.25) is 0 Å². The van der Waals surface area contributed by atoms with Crippen molar-refractivity contribution in [1.82, 2.24) is 0 Å². The lowest BCUT2D eigenvalue weighted by Crippen LogP contribution is -2.09. The van der Waals surface area contributed by atoms with Crippen molar-refractivity contribution in [3.63, 3.8) is 0 Å². The summed E-state index contributed by atoms with van der Waals surface area (Å²) in [4.78, 5) is 2.19. The second-order valence-electron chi connectivity index (χ2n) is 7.13. The van der Waals surface area contributed by atoms with Crippen LogP contribution in [0.4, 0.5) is 28.4 Å². The van der Waals surface area contributed by atoms with Gasteiger partial charge in [0.15, 0.2) is 0 Å². The van der Waals surface area contributed by atoms with Gasteiger partial charge >= 0.3 is 0 Å². The first-order valence-corrected chi connectivity index (χ1v) is 10.3. The Morgan fingerprint density at radius 1 is 0.438 bits per heavy atom. The van der Waals surface area contributed by atoms with Crippen molar-refractivity contribution in [2.45, 2.75) is 0 Å². The third kappa shape index (κ3) is 4.78. The summed E-state index contributed by atoms with van der Waals surface area (Å²) >= 11 is 0. The Bertz CT molecular complexity index is 1080. The van der Waals surface area contributed by atoms with E-state index in [4.69, 9.17) is 14.2 Å². The molecule has 32 heavy (non-hydrogen) atoms. The van der Waals surface area contributed by atoms with Gasteiger partial charge in [-0.2, -0.15) is 0 Å². The SMILES string of the molecule is COc1ccc(Nc2ccc(N(c3ccc(OC)cc3)c3ccc(OC)cc3)cc2)cc1. The monoisotopic (exact) mass is 426 g/mol. The smallest absolute Gasteiger partial charge is 0.119 e. The number of rotatable bonds is 8. The molecule has 0 aliphatic rings. The van der Waals surface area contributed by atoms with E-state index in [1.807, 2.05) is 72.8 Å². The number of methoxy groups -OCH3 is 3. The summed E-state index contributed by atoms with van der Waals surface area (Å²) in [5.41, 5.74) is 5.11. The summed E-state index contributed by atoms with van der Waals surface area (Å²) < 4.78 is 15.9. The first-order valence-electron chi connectivity index (χ1n) is 10.3. The van der Waals surface area contributed by atoms with Gasteiger partial charge in [0.25, 0.3) is 0 Å². The van der Waals surface area contributed by atoms with Crippen molar-refractivity contribution >= 4 is 28.4 Å². The van der Waals surface area contributed by atoms with Crippen LogP contribution in [0.3, 0.4) is 0 Å². The van der Waals surface area contributed by atoms with Crippen LogP contribution in [0.1, 0.15) is 0 Å². The molecule has 0 aromatic heterocycles. The fourth-order valence-electron chi connectivity index (χ4n) is 3.44. The standard InChI is InChI=1S/C27H26N2O3/c1-30-25-14-6-21(7-15-25)28-20-4-8-22(9-5-20)29(23-10-16-26(31-2)17-11-23)24-12-18-27(32-3)19-13-24/h4-19,28H,1-3H3. The predicted octanol–water partition coefficient (Wildman–Crippen LogP) is 6.93. The van der Waals surface area contributed by atoms with Crippen LogP contribution in [0.15, 0.2) is 97.1 Å². The zero-order chi connectivity index (χ0) is 22.3. The van der Waals surface area contributed by atoms with E-state index < -0.39 is 0 Å².